The van der Waals surface area contributed by atoms with Crippen LogP contribution in [0, 0.1) is 29.0 Å². The minimum atomic E-state index is -0.558. The molecule has 1 aliphatic heterocycles. The highest BCUT2D eigenvalue weighted by Crippen LogP contribution is 2.58. The second-order valence-corrected chi connectivity index (χ2v) is 8.35. The standard InChI is InChI=1S/C20H16F2N4S.C2H6O/c1-10-17-18(26-20(24)27-19(10)17)13-6-11(2-4-14(13)21)7-15(22)16-5-3-12(8-23)9-25-16;1-3-2/h2-7,9-10,17-19H,1H3,(H2,24,26);1-2H3/b15-7-;/t10-,17?,18?,19?;/m0./s1. The van der Waals surface area contributed by atoms with Crippen molar-refractivity contribution in [3.05, 3.63) is 64.7 Å². The van der Waals surface area contributed by atoms with E-state index in [9.17, 15) is 8.78 Å². The number of amidine groups is 1. The van der Waals surface area contributed by atoms with Gasteiger partial charge >= 0.3 is 0 Å². The van der Waals surface area contributed by atoms with Gasteiger partial charge in [0, 0.05) is 37.1 Å². The number of pyridine rings is 1. The molecular weight excluding hydrogens is 406 g/mol. The number of nitrogens with two attached hydrogens (primary N) is 1. The minimum absolute atomic E-state index is 0.118. The Balaban J connectivity index is 0.000000806. The molecule has 4 atom stereocenters. The fraction of sp³-hybridized carbons (Fsp3) is 0.318. The topological polar surface area (TPSA) is 84.3 Å². The second kappa shape index (κ2) is 9.37. The van der Waals surface area contributed by atoms with Crippen LogP contribution < -0.4 is 5.73 Å². The molecule has 4 rings (SSSR count). The number of thioether (sulfide) groups is 1. The average Bonchev–Trinajstić information content (AvgIpc) is 3.38. The van der Waals surface area contributed by atoms with Crippen LogP contribution in [0.2, 0.25) is 0 Å². The van der Waals surface area contributed by atoms with Gasteiger partial charge in [-0.15, -0.1) is 0 Å². The molecule has 0 amide bonds. The van der Waals surface area contributed by atoms with Gasteiger partial charge in [-0.25, -0.2) is 8.78 Å². The molecule has 1 fully saturated rings. The van der Waals surface area contributed by atoms with Crippen molar-refractivity contribution in [2.75, 3.05) is 14.2 Å². The molecule has 1 aliphatic carbocycles. The quantitative estimate of drug-likeness (QED) is 0.775. The maximum atomic E-state index is 14.5. The monoisotopic (exact) mass is 428 g/mol. The van der Waals surface area contributed by atoms with E-state index >= 15 is 0 Å². The van der Waals surface area contributed by atoms with Crippen molar-refractivity contribution < 1.29 is 13.5 Å². The first-order valence-electron chi connectivity index (χ1n) is 9.32. The Morgan fingerprint density at radius 2 is 2.03 bits per heavy atom. The Morgan fingerprint density at radius 1 is 1.30 bits per heavy atom. The van der Waals surface area contributed by atoms with E-state index in [0.717, 1.165) is 0 Å². The molecular formula is C22H22F2N4OS. The predicted octanol–water partition coefficient (Wildman–Crippen LogP) is 4.56. The third-order valence-electron chi connectivity index (χ3n) is 5.02. The molecule has 5 nitrogen and oxygen atoms in total. The van der Waals surface area contributed by atoms with Crippen LogP contribution in [0.1, 0.15) is 35.3 Å². The van der Waals surface area contributed by atoms with E-state index in [0.29, 0.717) is 33.0 Å². The van der Waals surface area contributed by atoms with Crippen LogP contribution >= 0.6 is 11.8 Å². The smallest absolute Gasteiger partial charge is 0.154 e. The first kappa shape index (κ1) is 21.9. The van der Waals surface area contributed by atoms with Crippen LogP contribution in [-0.4, -0.2) is 29.6 Å². The second-order valence-electron chi connectivity index (χ2n) is 7.16. The van der Waals surface area contributed by atoms with Crippen LogP contribution in [-0.2, 0) is 4.74 Å². The summed E-state index contributed by atoms with van der Waals surface area (Å²) in [5, 5.41) is 9.63. The molecule has 30 heavy (non-hydrogen) atoms. The summed E-state index contributed by atoms with van der Waals surface area (Å²) in [6.45, 7) is 2.11. The summed E-state index contributed by atoms with van der Waals surface area (Å²) in [5.74, 6) is -0.253. The third kappa shape index (κ3) is 4.69. The van der Waals surface area contributed by atoms with Gasteiger partial charge in [-0.05, 0) is 41.8 Å². The van der Waals surface area contributed by atoms with Crippen molar-refractivity contribution in [3.8, 4) is 6.07 Å². The van der Waals surface area contributed by atoms with Crippen LogP contribution in [0.3, 0.4) is 0 Å². The molecule has 8 heteroatoms. The number of methoxy groups -OCH3 is 1. The zero-order valence-electron chi connectivity index (χ0n) is 16.8. The lowest BCUT2D eigenvalue weighted by Gasteiger charge is -2.19. The molecule has 1 saturated carbocycles. The van der Waals surface area contributed by atoms with Crippen LogP contribution in [0.4, 0.5) is 8.78 Å². The van der Waals surface area contributed by atoms with Crippen LogP contribution in [0.15, 0.2) is 41.5 Å². The number of benzene rings is 1. The Morgan fingerprint density at radius 3 is 2.67 bits per heavy atom. The Kier molecular flexibility index (Phi) is 6.85. The number of hydrogen-bond donors (Lipinski definition) is 1. The maximum Gasteiger partial charge on any atom is 0.154 e. The van der Waals surface area contributed by atoms with Crippen molar-refractivity contribution in [1.82, 2.24) is 4.98 Å². The zero-order chi connectivity index (χ0) is 21.8. The highest BCUT2D eigenvalue weighted by atomic mass is 32.2. The molecule has 156 valence electrons. The molecule has 1 aromatic heterocycles. The summed E-state index contributed by atoms with van der Waals surface area (Å²) >= 11 is 1.54. The number of hydrogen-bond acceptors (Lipinski definition) is 6. The van der Waals surface area contributed by atoms with Gasteiger partial charge in [0.2, 0.25) is 0 Å². The molecule has 2 N–H and O–H groups in total. The van der Waals surface area contributed by atoms with Crippen LogP contribution in [0.5, 0.6) is 0 Å². The van der Waals surface area contributed by atoms with Gasteiger partial charge in [-0.1, -0.05) is 24.8 Å². The Hall–Kier alpha value is -2.76. The van der Waals surface area contributed by atoms with Gasteiger partial charge < -0.3 is 10.5 Å². The average molecular weight is 429 g/mol. The van der Waals surface area contributed by atoms with E-state index in [2.05, 4.69) is 21.6 Å². The fourth-order valence-electron chi connectivity index (χ4n) is 3.48. The molecule has 2 aliphatic rings. The van der Waals surface area contributed by atoms with Gasteiger partial charge in [-0.2, -0.15) is 5.26 Å². The number of nitriles is 1. The molecule has 3 unspecified atom stereocenters. The summed E-state index contributed by atoms with van der Waals surface area (Å²) in [6, 6.07) is 9.00. The molecule has 0 radical (unpaired) electrons. The SMILES string of the molecule is COC.C[C@@H]1C2SC(N)=NC(c3cc(/C=C(\F)c4ccc(C#N)cn4)ccc3F)C21. The number of aromatic nitrogens is 1. The van der Waals surface area contributed by atoms with Gasteiger partial charge in [0.05, 0.1) is 17.3 Å². The summed E-state index contributed by atoms with van der Waals surface area (Å²) in [6.07, 6.45) is 2.61. The lowest BCUT2D eigenvalue weighted by molar-refractivity contribution is 0.277. The number of rotatable bonds is 3. The number of nitrogens with zero attached hydrogens (tertiary/aromatic N) is 3. The number of ether oxygens (including phenoxy) is 1. The Labute approximate surface area is 178 Å². The molecule has 0 bridgehead atoms. The lowest BCUT2D eigenvalue weighted by Crippen LogP contribution is -2.17. The number of aliphatic imine (C=N–C) groups is 1. The largest absolute Gasteiger partial charge is 0.388 e. The van der Waals surface area contributed by atoms with Crippen molar-refractivity contribution in [1.29, 1.82) is 5.26 Å². The first-order valence-corrected chi connectivity index (χ1v) is 10.2. The van der Waals surface area contributed by atoms with E-state index in [4.69, 9.17) is 11.0 Å². The zero-order valence-corrected chi connectivity index (χ0v) is 17.7. The highest BCUT2D eigenvalue weighted by molar-refractivity contribution is 8.14. The van der Waals surface area contributed by atoms with E-state index in [1.165, 1.54) is 36.5 Å². The fourth-order valence-corrected chi connectivity index (χ4v) is 4.79. The van der Waals surface area contributed by atoms with Crippen LogP contribution in [0.25, 0.3) is 11.9 Å². The maximum absolute atomic E-state index is 14.5. The van der Waals surface area contributed by atoms with Crippen molar-refractivity contribution in [3.63, 3.8) is 0 Å². The Bertz CT molecular complexity index is 1020. The van der Waals surface area contributed by atoms with Crippen molar-refractivity contribution in [2.24, 2.45) is 22.6 Å². The molecule has 0 saturated heterocycles. The number of fused-ring (bicyclic) bond motifs is 1. The summed E-state index contributed by atoms with van der Waals surface area (Å²) in [7, 11) is 3.25. The van der Waals surface area contributed by atoms with Gasteiger partial charge in [-0.3, -0.25) is 9.98 Å². The summed E-state index contributed by atoms with van der Waals surface area (Å²) in [4.78, 5) is 8.38. The van der Waals surface area contributed by atoms with E-state index < -0.39 is 5.83 Å². The molecule has 2 heterocycles. The minimum Gasteiger partial charge on any atom is -0.388 e. The van der Waals surface area contributed by atoms with Crippen molar-refractivity contribution >= 4 is 28.8 Å². The molecule has 0 spiro atoms. The summed E-state index contributed by atoms with van der Waals surface area (Å²) < 4.78 is 33.2. The molecule has 2 aromatic rings. The molecule has 1 aromatic carbocycles. The normalized spacial score (nSPS) is 24.7. The first-order chi connectivity index (χ1) is 14.4. The lowest BCUT2D eigenvalue weighted by atomic mass is 9.98. The third-order valence-corrected chi connectivity index (χ3v) is 6.38. The van der Waals surface area contributed by atoms with E-state index in [1.54, 1.807) is 32.0 Å². The highest BCUT2D eigenvalue weighted by Gasteiger charge is 2.55. The van der Waals surface area contributed by atoms with Crippen molar-refractivity contribution in [2.45, 2.75) is 18.2 Å². The van der Waals surface area contributed by atoms with E-state index in [-0.39, 0.29) is 23.5 Å². The van der Waals surface area contributed by atoms with Gasteiger partial charge in [0.15, 0.2) is 5.17 Å². The van der Waals surface area contributed by atoms with Gasteiger partial charge in [0.25, 0.3) is 0 Å². The van der Waals surface area contributed by atoms with E-state index in [1.807, 2.05) is 6.07 Å². The number of halogens is 2. The van der Waals surface area contributed by atoms with Gasteiger partial charge in [0.1, 0.15) is 17.7 Å². The summed E-state index contributed by atoms with van der Waals surface area (Å²) in [5.41, 5.74) is 7.33. The predicted molar refractivity (Wildman–Crippen MR) is 116 cm³/mol.